The normalized spacial score (nSPS) is 21.2. The standard InChI is InChI=1S/C13H18N2S/c1-12(2)7-9-11(13(3,4)8-12)16-10(15-9)5-6-14/h5,7-8H2,1-4H3. The van der Waals surface area contributed by atoms with Crippen LogP contribution in [0.5, 0.6) is 0 Å². The maximum atomic E-state index is 8.73. The van der Waals surface area contributed by atoms with E-state index >= 15 is 0 Å². The van der Waals surface area contributed by atoms with Gasteiger partial charge in [0.2, 0.25) is 0 Å². The Balaban J connectivity index is 2.45. The molecule has 1 aromatic heterocycles. The predicted octanol–water partition coefficient (Wildman–Crippen LogP) is 3.46. The Morgan fingerprint density at radius 2 is 2.06 bits per heavy atom. The van der Waals surface area contributed by atoms with Crippen LogP contribution in [0, 0.1) is 16.7 Å². The minimum atomic E-state index is 0.211. The summed E-state index contributed by atoms with van der Waals surface area (Å²) < 4.78 is 0. The SMILES string of the molecule is CC1(C)Cc2nc(CC#N)sc2C(C)(C)C1. The van der Waals surface area contributed by atoms with E-state index in [1.807, 2.05) is 0 Å². The molecule has 0 amide bonds. The third-order valence-corrected chi connectivity index (χ3v) is 4.62. The Kier molecular flexibility index (Phi) is 2.58. The molecule has 0 fully saturated rings. The molecule has 2 rings (SSSR count). The average molecular weight is 234 g/mol. The molecule has 0 N–H and O–H groups in total. The van der Waals surface area contributed by atoms with Crippen LogP contribution < -0.4 is 0 Å². The highest BCUT2D eigenvalue weighted by atomic mass is 32.1. The maximum absolute atomic E-state index is 8.73. The minimum absolute atomic E-state index is 0.211. The van der Waals surface area contributed by atoms with Crippen LogP contribution in [0.15, 0.2) is 0 Å². The van der Waals surface area contributed by atoms with Gasteiger partial charge < -0.3 is 0 Å². The van der Waals surface area contributed by atoms with Gasteiger partial charge in [0.15, 0.2) is 0 Å². The Labute approximate surface area is 101 Å². The molecule has 0 saturated heterocycles. The number of aromatic nitrogens is 1. The van der Waals surface area contributed by atoms with E-state index in [9.17, 15) is 0 Å². The van der Waals surface area contributed by atoms with Crippen molar-refractivity contribution >= 4 is 11.3 Å². The summed E-state index contributed by atoms with van der Waals surface area (Å²) in [5.41, 5.74) is 1.77. The zero-order chi connectivity index (χ0) is 12.0. The van der Waals surface area contributed by atoms with Crippen molar-refractivity contribution in [1.82, 2.24) is 4.98 Å². The summed E-state index contributed by atoms with van der Waals surface area (Å²) in [6.45, 7) is 9.20. The highest BCUT2D eigenvalue weighted by Gasteiger charge is 2.39. The highest BCUT2D eigenvalue weighted by Crippen LogP contribution is 2.47. The number of fused-ring (bicyclic) bond motifs is 1. The molecule has 0 unspecified atom stereocenters. The van der Waals surface area contributed by atoms with Gasteiger partial charge in [-0.05, 0) is 18.3 Å². The number of thiazole rings is 1. The van der Waals surface area contributed by atoms with Crippen molar-refractivity contribution in [2.24, 2.45) is 5.41 Å². The second-order valence-corrected chi connectivity index (χ2v) is 7.20. The van der Waals surface area contributed by atoms with Crippen molar-refractivity contribution in [3.8, 4) is 6.07 Å². The quantitative estimate of drug-likeness (QED) is 0.746. The number of nitrogens with zero attached hydrogens (tertiary/aromatic N) is 2. The van der Waals surface area contributed by atoms with Gasteiger partial charge in [-0.1, -0.05) is 27.7 Å². The lowest BCUT2D eigenvalue weighted by molar-refractivity contribution is 0.232. The molecular weight excluding hydrogens is 216 g/mol. The van der Waals surface area contributed by atoms with Gasteiger partial charge in [-0.15, -0.1) is 11.3 Å². The number of hydrogen-bond acceptors (Lipinski definition) is 3. The molecule has 1 aliphatic rings. The van der Waals surface area contributed by atoms with E-state index in [2.05, 4.69) is 38.7 Å². The smallest absolute Gasteiger partial charge is 0.107 e. The van der Waals surface area contributed by atoms with Crippen LogP contribution in [0.3, 0.4) is 0 Å². The summed E-state index contributed by atoms with van der Waals surface area (Å²) in [7, 11) is 0. The first-order valence-corrected chi connectivity index (χ1v) is 6.52. The minimum Gasteiger partial charge on any atom is -0.245 e. The van der Waals surface area contributed by atoms with Crippen LogP contribution in [0.4, 0.5) is 0 Å². The fraction of sp³-hybridized carbons (Fsp3) is 0.692. The summed E-state index contributed by atoms with van der Waals surface area (Å²) in [5, 5.41) is 9.71. The fourth-order valence-corrected chi connectivity index (χ4v) is 4.10. The molecule has 1 heterocycles. The van der Waals surface area contributed by atoms with Crippen molar-refractivity contribution in [2.45, 2.75) is 52.4 Å². The van der Waals surface area contributed by atoms with Gasteiger partial charge in [0.1, 0.15) is 5.01 Å². The molecule has 0 bridgehead atoms. The zero-order valence-corrected chi connectivity index (χ0v) is 11.2. The Hall–Kier alpha value is -0.880. The van der Waals surface area contributed by atoms with E-state index in [4.69, 9.17) is 5.26 Å². The molecule has 0 spiro atoms. The molecular formula is C13H18N2S. The van der Waals surface area contributed by atoms with Crippen LogP contribution in [-0.4, -0.2) is 4.98 Å². The zero-order valence-electron chi connectivity index (χ0n) is 10.4. The third kappa shape index (κ3) is 1.99. The molecule has 16 heavy (non-hydrogen) atoms. The highest BCUT2D eigenvalue weighted by molar-refractivity contribution is 7.12. The van der Waals surface area contributed by atoms with E-state index < -0.39 is 0 Å². The first-order valence-electron chi connectivity index (χ1n) is 5.70. The number of hydrogen-bond donors (Lipinski definition) is 0. The van der Waals surface area contributed by atoms with E-state index in [0.29, 0.717) is 11.8 Å². The van der Waals surface area contributed by atoms with Crippen molar-refractivity contribution in [2.75, 3.05) is 0 Å². The molecule has 1 aliphatic carbocycles. The van der Waals surface area contributed by atoms with Gasteiger partial charge in [0, 0.05) is 10.3 Å². The molecule has 2 nitrogen and oxygen atoms in total. The topological polar surface area (TPSA) is 36.7 Å². The van der Waals surface area contributed by atoms with Crippen LogP contribution in [-0.2, 0) is 18.3 Å². The molecule has 86 valence electrons. The Morgan fingerprint density at radius 1 is 1.38 bits per heavy atom. The lowest BCUT2D eigenvalue weighted by Gasteiger charge is -2.39. The predicted molar refractivity (Wildman–Crippen MR) is 66.6 cm³/mol. The lowest BCUT2D eigenvalue weighted by Crippen LogP contribution is -2.33. The molecule has 0 aromatic carbocycles. The van der Waals surface area contributed by atoms with Crippen LogP contribution in [0.25, 0.3) is 0 Å². The summed E-state index contributed by atoms with van der Waals surface area (Å²) in [4.78, 5) is 6.03. The number of rotatable bonds is 1. The summed E-state index contributed by atoms with van der Waals surface area (Å²) in [5.74, 6) is 0. The van der Waals surface area contributed by atoms with Crippen molar-refractivity contribution in [3.05, 3.63) is 15.6 Å². The van der Waals surface area contributed by atoms with Crippen molar-refractivity contribution in [3.63, 3.8) is 0 Å². The fourth-order valence-electron chi connectivity index (χ4n) is 2.99. The van der Waals surface area contributed by atoms with Crippen LogP contribution >= 0.6 is 11.3 Å². The monoisotopic (exact) mass is 234 g/mol. The van der Waals surface area contributed by atoms with E-state index in [-0.39, 0.29) is 5.41 Å². The number of nitriles is 1. The summed E-state index contributed by atoms with van der Waals surface area (Å²) >= 11 is 1.73. The summed E-state index contributed by atoms with van der Waals surface area (Å²) in [6.07, 6.45) is 2.70. The molecule has 0 aliphatic heterocycles. The van der Waals surface area contributed by atoms with Gasteiger partial charge in [-0.2, -0.15) is 5.26 Å². The van der Waals surface area contributed by atoms with E-state index in [1.165, 1.54) is 17.0 Å². The van der Waals surface area contributed by atoms with Gasteiger partial charge in [0.25, 0.3) is 0 Å². The lowest BCUT2D eigenvalue weighted by atomic mass is 9.67. The van der Waals surface area contributed by atoms with Crippen LogP contribution in [0.1, 0.15) is 49.7 Å². The van der Waals surface area contributed by atoms with Gasteiger partial charge in [-0.25, -0.2) is 4.98 Å². The maximum Gasteiger partial charge on any atom is 0.107 e. The Morgan fingerprint density at radius 3 is 2.69 bits per heavy atom. The average Bonchev–Trinajstić information content (AvgIpc) is 2.45. The third-order valence-electron chi connectivity index (χ3n) is 3.15. The molecule has 3 heteroatoms. The molecule has 0 atom stereocenters. The van der Waals surface area contributed by atoms with E-state index in [0.717, 1.165) is 11.4 Å². The summed E-state index contributed by atoms with van der Waals surface area (Å²) in [6, 6.07) is 2.19. The van der Waals surface area contributed by atoms with E-state index in [1.54, 1.807) is 11.3 Å². The largest absolute Gasteiger partial charge is 0.245 e. The van der Waals surface area contributed by atoms with Gasteiger partial charge in [-0.3, -0.25) is 0 Å². The second kappa shape index (κ2) is 3.56. The molecule has 0 radical (unpaired) electrons. The second-order valence-electron chi connectivity index (χ2n) is 6.12. The Bertz CT molecular complexity index is 449. The molecule has 0 saturated carbocycles. The first-order chi connectivity index (χ1) is 7.34. The van der Waals surface area contributed by atoms with Crippen LogP contribution in [0.2, 0.25) is 0 Å². The van der Waals surface area contributed by atoms with Gasteiger partial charge in [0.05, 0.1) is 18.2 Å². The first kappa shape index (κ1) is 11.6. The van der Waals surface area contributed by atoms with Gasteiger partial charge >= 0.3 is 0 Å². The van der Waals surface area contributed by atoms with Crippen molar-refractivity contribution < 1.29 is 0 Å². The van der Waals surface area contributed by atoms with Crippen molar-refractivity contribution in [1.29, 1.82) is 5.26 Å². The molecule has 1 aromatic rings.